The van der Waals surface area contributed by atoms with Gasteiger partial charge in [-0.2, -0.15) is 4.98 Å². The number of anilines is 1. The minimum Gasteiger partial charge on any atom is -0.456 e. The molecule has 2 aromatic heterocycles. The molecule has 3 rings (SSSR count). The molecule has 0 saturated carbocycles. The average Bonchev–Trinajstić information content (AvgIpc) is 2.78. The van der Waals surface area contributed by atoms with Crippen molar-refractivity contribution < 1.29 is 4.74 Å². The topological polar surface area (TPSA) is 94.9 Å². The summed E-state index contributed by atoms with van der Waals surface area (Å²) in [7, 11) is 0. The van der Waals surface area contributed by atoms with Crippen LogP contribution in [0.25, 0.3) is 5.65 Å². The molecule has 0 spiro atoms. The van der Waals surface area contributed by atoms with Gasteiger partial charge in [0.15, 0.2) is 5.65 Å². The Morgan fingerprint density at radius 1 is 1.21 bits per heavy atom. The fourth-order valence-electron chi connectivity index (χ4n) is 1.68. The van der Waals surface area contributed by atoms with Crippen LogP contribution in [0.3, 0.4) is 0 Å². The lowest BCUT2D eigenvalue weighted by Crippen LogP contribution is -1.91. The van der Waals surface area contributed by atoms with Gasteiger partial charge in [0, 0.05) is 6.07 Å². The van der Waals surface area contributed by atoms with E-state index < -0.39 is 0 Å². The first-order valence-electron chi connectivity index (χ1n) is 5.48. The normalized spacial score (nSPS) is 10.5. The molecule has 94 valence electrons. The van der Waals surface area contributed by atoms with Gasteiger partial charge in [-0.05, 0) is 29.4 Å². The van der Waals surface area contributed by atoms with E-state index in [1.54, 1.807) is 42.6 Å². The maximum Gasteiger partial charge on any atom is 0.240 e. The number of fused-ring (bicyclic) bond motifs is 1. The Hall–Kier alpha value is -2.96. The first-order valence-corrected chi connectivity index (χ1v) is 5.48. The minimum atomic E-state index is 0.198. The molecule has 0 aliphatic rings. The van der Waals surface area contributed by atoms with Crippen LogP contribution in [0.4, 0.5) is 11.6 Å². The van der Waals surface area contributed by atoms with Gasteiger partial charge < -0.3 is 10.5 Å². The summed E-state index contributed by atoms with van der Waals surface area (Å²) in [5.74, 6) is 1.27. The molecule has 1 aromatic carbocycles. The summed E-state index contributed by atoms with van der Waals surface area (Å²) in [6.45, 7) is 0. The van der Waals surface area contributed by atoms with E-state index in [1.165, 1.54) is 4.52 Å². The van der Waals surface area contributed by atoms with Gasteiger partial charge in [-0.3, -0.25) is 0 Å². The molecule has 0 atom stereocenters. The SMILES string of the molecule is Nc1nc2ccc(Oc3cccc(N=O)c3)cn2n1. The van der Waals surface area contributed by atoms with Crippen molar-refractivity contribution in [2.75, 3.05) is 5.73 Å². The molecule has 0 saturated heterocycles. The Bertz CT molecular complexity index is 753. The van der Waals surface area contributed by atoms with E-state index in [4.69, 9.17) is 10.5 Å². The standard InChI is InChI=1S/C12H9N5O2/c13-12-14-11-5-4-10(7-17(11)15-12)19-9-3-1-2-8(6-9)16-18/h1-7H,(H2,13,15). The second kappa shape index (κ2) is 4.37. The van der Waals surface area contributed by atoms with Crippen LogP contribution in [-0.4, -0.2) is 14.6 Å². The summed E-state index contributed by atoms with van der Waals surface area (Å²) < 4.78 is 7.13. The van der Waals surface area contributed by atoms with Gasteiger partial charge in [0.25, 0.3) is 0 Å². The van der Waals surface area contributed by atoms with Crippen LogP contribution >= 0.6 is 0 Å². The number of hydrogen-bond donors (Lipinski definition) is 1. The Balaban J connectivity index is 1.93. The van der Waals surface area contributed by atoms with E-state index in [1.807, 2.05) is 0 Å². The zero-order chi connectivity index (χ0) is 13.2. The third-order valence-corrected chi connectivity index (χ3v) is 2.48. The highest BCUT2D eigenvalue weighted by molar-refractivity contribution is 5.47. The monoisotopic (exact) mass is 255 g/mol. The summed E-state index contributed by atoms with van der Waals surface area (Å²) in [5.41, 5.74) is 6.44. The Labute approximate surface area is 107 Å². The number of rotatable bonds is 3. The number of nitrogens with two attached hydrogens (primary N) is 1. The van der Waals surface area contributed by atoms with Crippen LogP contribution in [0.15, 0.2) is 47.8 Å². The number of nitrogen functional groups attached to an aromatic ring is 1. The third-order valence-electron chi connectivity index (χ3n) is 2.48. The molecule has 0 fully saturated rings. The molecular weight excluding hydrogens is 246 g/mol. The molecule has 0 unspecified atom stereocenters. The van der Waals surface area contributed by atoms with E-state index in [-0.39, 0.29) is 5.95 Å². The summed E-state index contributed by atoms with van der Waals surface area (Å²) in [6.07, 6.45) is 1.65. The molecule has 2 heterocycles. The van der Waals surface area contributed by atoms with E-state index in [0.29, 0.717) is 22.8 Å². The van der Waals surface area contributed by atoms with Crippen molar-refractivity contribution in [3.63, 3.8) is 0 Å². The average molecular weight is 255 g/mol. The first-order chi connectivity index (χ1) is 9.24. The van der Waals surface area contributed by atoms with Gasteiger partial charge in [0.1, 0.15) is 17.2 Å². The van der Waals surface area contributed by atoms with Gasteiger partial charge in [-0.25, -0.2) is 4.52 Å². The van der Waals surface area contributed by atoms with Gasteiger partial charge in [0.05, 0.1) is 6.20 Å². The third kappa shape index (κ3) is 2.21. The van der Waals surface area contributed by atoms with Crippen LogP contribution in [-0.2, 0) is 0 Å². The number of hydrogen-bond acceptors (Lipinski definition) is 6. The number of nitrogens with zero attached hydrogens (tertiary/aromatic N) is 4. The van der Waals surface area contributed by atoms with E-state index in [2.05, 4.69) is 15.3 Å². The van der Waals surface area contributed by atoms with Crippen molar-refractivity contribution in [2.24, 2.45) is 5.18 Å². The maximum atomic E-state index is 10.4. The number of aromatic nitrogens is 3. The molecule has 7 nitrogen and oxygen atoms in total. The second-order valence-corrected chi connectivity index (χ2v) is 3.83. The highest BCUT2D eigenvalue weighted by atomic mass is 16.5. The van der Waals surface area contributed by atoms with E-state index in [0.717, 1.165) is 0 Å². The smallest absolute Gasteiger partial charge is 0.240 e. The number of ether oxygens (including phenoxy) is 1. The lowest BCUT2D eigenvalue weighted by atomic mass is 10.3. The molecule has 0 bridgehead atoms. The van der Waals surface area contributed by atoms with Crippen molar-refractivity contribution in [3.05, 3.63) is 47.5 Å². The first kappa shape index (κ1) is 11.1. The Kier molecular flexibility index (Phi) is 2.57. The quantitative estimate of drug-likeness (QED) is 0.725. The predicted octanol–water partition coefficient (Wildman–Crippen LogP) is 2.50. The minimum absolute atomic E-state index is 0.198. The predicted molar refractivity (Wildman–Crippen MR) is 69.4 cm³/mol. The molecule has 3 aromatic rings. The lowest BCUT2D eigenvalue weighted by Gasteiger charge is -2.05. The van der Waals surface area contributed by atoms with Crippen molar-refractivity contribution in [3.8, 4) is 11.5 Å². The lowest BCUT2D eigenvalue weighted by molar-refractivity contribution is 0.478. The molecule has 7 heteroatoms. The van der Waals surface area contributed by atoms with Gasteiger partial charge >= 0.3 is 0 Å². The molecule has 2 N–H and O–H groups in total. The van der Waals surface area contributed by atoms with Crippen molar-refractivity contribution >= 4 is 17.3 Å². The van der Waals surface area contributed by atoms with Crippen LogP contribution in [0.2, 0.25) is 0 Å². The number of benzene rings is 1. The fraction of sp³-hybridized carbons (Fsp3) is 0. The van der Waals surface area contributed by atoms with Crippen molar-refractivity contribution in [2.45, 2.75) is 0 Å². The zero-order valence-corrected chi connectivity index (χ0v) is 9.72. The molecule has 0 amide bonds. The summed E-state index contributed by atoms with van der Waals surface area (Å²) in [4.78, 5) is 14.5. The molecule has 19 heavy (non-hydrogen) atoms. The summed E-state index contributed by atoms with van der Waals surface area (Å²) >= 11 is 0. The van der Waals surface area contributed by atoms with E-state index in [9.17, 15) is 4.91 Å². The Morgan fingerprint density at radius 2 is 2.11 bits per heavy atom. The van der Waals surface area contributed by atoms with Crippen LogP contribution in [0.1, 0.15) is 0 Å². The highest BCUT2D eigenvalue weighted by Crippen LogP contribution is 2.25. The fourth-order valence-corrected chi connectivity index (χ4v) is 1.68. The summed E-state index contributed by atoms with van der Waals surface area (Å²) in [5, 5.41) is 6.84. The van der Waals surface area contributed by atoms with E-state index >= 15 is 0 Å². The molecule has 0 aliphatic heterocycles. The molecule has 0 radical (unpaired) electrons. The number of pyridine rings is 1. The van der Waals surface area contributed by atoms with Crippen LogP contribution in [0, 0.1) is 4.91 Å². The molecule has 0 aliphatic carbocycles. The maximum absolute atomic E-state index is 10.4. The number of nitroso groups, excluding NO2 is 1. The molecular formula is C12H9N5O2. The van der Waals surface area contributed by atoms with Gasteiger partial charge in [-0.15, -0.1) is 10.0 Å². The largest absolute Gasteiger partial charge is 0.456 e. The van der Waals surface area contributed by atoms with Crippen molar-refractivity contribution in [1.29, 1.82) is 0 Å². The second-order valence-electron chi connectivity index (χ2n) is 3.83. The van der Waals surface area contributed by atoms with Crippen molar-refractivity contribution in [1.82, 2.24) is 14.6 Å². The summed E-state index contributed by atoms with van der Waals surface area (Å²) in [6, 6.07) is 10.0. The van der Waals surface area contributed by atoms with Gasteiger partial charge in [0.2, 0.25) is 5.95 Å². The Morgan fingerprint density at radius 3 is 2.95 bits per heavy atom. The van der Waals surface area contributed by atoms with Gasteiger partial charge in [-0.1, -0.05) is 6.07 Å². The zero-order valence-electron chi connectivity index (χ0n) is 9.72. The van der Waals surface area contributed by atoms with Crippen LogP contribution < -0.4 is 10.5 Å². The highest BCUT2D eigenvalue weighted by Gasteiger charge is 2.03. The van der Waals surface area contributed by atoms with Crippen LogP contribution in [0.5, 0.6) is 11.5 Å².